The maximum absolute atomic E-state index is 11.5. The van der Waals surface area contributed by atoms with Crippen molar-refractivity contribution in [3.05, 3.63) is 63.9 Å². The van der Waals surface area contributed by atoms with Crippen molar-refractivity contribution in [1.82, 2.24) is 10.3 Å². The first kappa shape index (κ1) is 17.1. The lowest BCUT2D eigenvalue weighted by Gasteiger charge is -2.05. The van der Waals surface area contributed by atoms with Gasteiger partial charge in [0.25, 0.3) is 0 Å². The molecule has 2 rings (SSSR count). The highest BCUT2D eigenvalue weighted by Crippen LogP contribution is 2.13. The number of ether oxygens (including phenoxy) is 1. The third kappa shape index (κ3) is 6.60. The summed E-state index contributed by atoms with van der Waals surface area (Å²) in [5, 5.41) is 3.23. The van der Waals surface area contributed by atoms with Gasteiger partial charge in [0.15, 0.2) is 0 Å². The minimum Gasteiger partial charge on any atom is -0.445 e. The Morgan fingerprint density at radius 2 is 1.87 bits per heavy atom. The second-order valence-electron chi connectivity index (χ2n) is 4.54. The number of alkyl carbamates (subject to hydrolysis) is 1. The first-order valence-corrected chi connectivity index (χ1v) is 7.65. The van der Waals surface area contributed by atoms with Crippen LogP contribution < -0.4 is 5.32 Å². The van der Waals surface area contributed by atoms with Crippen LogP contribution in [0.1, 0.15) is 17.5 Å². The van der Waals surface area contributed by atoms with E-state index in [1.807, 2.05) is 30.3 Å². The molecule has 0 bridgehead atoms. The average molecular weight is 349 g/mol. The lowest BCUT2D eigenvalue weighted by atomic mass is 10.2. The van der Waals surface area contributed by atoms with Crippen LogP contribution >= 0.6 is 23.2 Å². The predicted octanol–water partition coefficient (Wildman–Crippen LogP) is 4.06. The molecule has 23 heavy (non-hydrogen) atoms. The van der Waals surface area contributed by atoms with Crippen LogP contribution in [0.15, 0.2) is 42.5 Å². The SMILES string of the molecule is O=C(NCCC#Cc1cc(Cl)nc(Cl)c1)OCc1ccccc1. The van der Waals surface area contributed by atoms with Crippen molar-refractivity contribution in [1.29, 1.82) is 0 Å². The van der Waals surface area contributed by atoms with Crippen LogP contribution in [-0.4, -0.2) is 17.6 Å². The van der Waals surface area contributed by atoms with Gasteiger partial charge in [-0.3, -0.25) is 0 Å². The summed E-state index contributed by atoms with van der Waals surface area (Å²) in [5.41, 5.74) is 1.62. The Kier molecular flexibility index (Phi) is 6.74. The number of rotatable bonds is 4. The van der Waals surface area contributed by atoms with E-state index >= 15 is 0 Å². The normalized spacial score (nSPS) is 9.65. The van der Waals surface area contributed by atoms with Crippen molar-refractivity contribution in [3.63, 3.8) is 0 Å². The number of hydrogen-bond acceptors (Lipinski definition) is 3. The van der Waals surface area contributed by atoms with Crippen LogP contribution in [0.4, 0.5) is 4.79 Å². The van der Waals surface area contributed by atoms with Gasteiger partial charge in [-0.25, -0.2) is 9.78 Å². The molecule has 4 nitrogen and oxygen atoms in total. The Balaban J connectivity index is 1.69. The summed E-state index contributed by atoms with van der Waals surface area (Å²) in [5.74, 6) is 5.83. The van der Waals surface area contributed by atoms with E-state index in [-0.39, 0.29) is 6.61 Å². The quantitative estimate of drug-likeness (QED) is 0.515. The molecule has 6 heteroatoms. The fraction of sp³-hybridized carbons (Fsp3) is 0.176. The first-order chi connectivity index (χ1) is 11.1. The average Bonchev–Trinajstić information content (AvgIpc) is 2.53. The van der Waals surface area contributed by atoms with Gasteiger partial charge >= 0.3 is 6.09 Å². The molecule has 1 N–H and O–H groups in total. The highest BCUT2D eigenvalue weighted by Gasteiger charge is 2.01. The lowest BCUT2D eigenvalue weighted by molar-refractivity contribution is 0.140. The molecule has 118 valence electrons. The van der Waals surface area contributed by atoms with Gasteiger partial charge in [-0.2, -0.15) is 0 Å². The minimum atomic E-state index is -0.467. The van der Waals surface area contributed by atoms with Crippen LogP contribution in [0.3, 0.4) is 0 Å². The summed E-state index contributed by atoms with van der Waals surface area (Å²) in [6.45, 7) is 0.638. The standard InChI is InChI=1S/C17H14Cl2N2O2/c18-15-10-14(11-16(19)21-15)8-4-5-9-20-17(22)23-12-13-6-2-1-3-7-13/h1-3,6-7,10-11H,5,9,12H2,(H,20,22). The highest BCUT2D eigenvalue weighted by atomic mass is 35.5. The van der Waals surface area contributed by atoms with Gasteiger partial charge in [-0.1, -0.05) is 65.4 Å². The fourth-order valence-electron chi connectivity index (χ4n) is 1.70. The molecule has 1 amide bonds. The number of aromatic nitrogens is 1. The minimum absolute atomic E-state index is 0.242. The van der Waals surface area contributed by atoms with Crippen molar-refractivity contribution in [2.75, 3.05) is 6.54 Å². The highest BCUT2D eigenvalue weighted by molar-refractivity contribution is 6.32. The van der Waals surface area contributed by atoms with E-state index in [9.17, 15) is 4.79 Å². The number of nitrogens with zero attached hydrogens (tertiary/aromatic N) is 1. The Bertz CT molecular complexity index is 704. The molecule has 0 atom stereocenters. The Morgan fingerprint density at radius 3 is 2.57 bits per heavy atom. The molecule has 1 heterocycles. The summed E-state index contributed by atoms with van der Waals surface area (Å²) in [6.07, 6.45) is 0.0171. The maximum atomic E-state index is 11.5. The monoisotopic (exact) mass is 348 g/mol. The third-order valence-corrected chi connectivity index (χ3v) is 3.11. The molecule has 0 saturated heterocycles. The number of pyridine rings is 1. The number of nitrogens with one attached hydrogen (secondary N) is 1. The molecule has 0 radical (unpaired) electrons. The summed E-state index contributed by atoms with van der Waals surface area (Å²) in [6, 6.07) is 12.7. The van der Waals surface area contributed by atoms with E-state index in [2.05, 4.69) is 22.1 Å². The second-order valence-corrected chi connectivity index (χ2v) is 5.32. The number of halogens is 2. The van der Waals surface area contributed by atoms with Crippen LogP contribution in [0.5, 0.6) is 0 Å². The van der Waals surface area contributed by atoms with Gasteiger partial charge in [-0.05, 0) is 17.7 Å². The number of amides is 1. The summed E-state index contributed by atoms with van der Waals surface area (Å²) in [7, 11) is 0. The molecule has 0 aliphatic rings. The van der Waals surface area contributed by atoms with Gasteiger partial charge < -0.3 is 10.1 Å². The van der Waals surface area contributed by atoms with E-state index < -0.39 is 6.09 Å². The molecule has 0 aliphatic carbocycles. The lowest BCUT2D eigenvalue weighted by Crippen LogP contribution is -2.24. The molecular weight excluding hydrogens is 335 g/mol. The van der Waals surface area contributed by atoms with Crippen molar-refractivity contribution >= 4 is 29.3 Å². The van der Waals surface area contributed by atoms with Crippen LogP contribution in [0.2, 0.25) is 10.3 Å². The smallest absolute Gasteiger partial charge is 0.407 e. The van der Waals surface area contributed by atoms with Crippen molar-refractivity contribution in [2.24, 2.45) is 0 Å². The van der Waals surface area contributed by atoms with Gasteiger partial charge in [0, 0.05) is 18.5 Å². The van der Waals surface area contributed by atoms with E-state index in [0.717, 1.165) is 5.56 Å². The number of hydrogen-bond donors (Lipinski definition) is 1. The van der Waals surface area contributed by atoms with Crippen LogP contribution in [-0.2, 0) is 11.3 Å². The fourth-order valence-corrected chi connectivity index (χ4v) is 2.16. The zero-order chi connectivity index (χ0) is 16.5. The van der Waals surface area contributed by atoms with Crippen LogP contribution in [0.25, 0.3) is 0 Å². The van der Waals surface area contributed by atoms with E-state index in [0.29, 0.717) is 28.8 Å². The zero-order valence-electron chi connectivity index (χ0n) is 12.2. The number of benzene rings is 1. The summed E-state index contributed by atoms with van der Waals surface area (Å²) >= 11 is 11.6. The van der Waals surface area contributed by atoms with Crippen molar-refractivity contribution in [2.45, 2.75) is 13.0 Å². The molecule has 0 saturated carbocycles. The molecule has 2 aromatic rings. The van der Waals surface area contributed by atoms with Gasteiger partial charge in [0.05, 0.1) is 0 Å². The Morgan fingerprint density at radius 1 is 1.17 bits per heavy atom. The number of carbonyl (C=O) groups is 1. The zero-order valence-corrected chi connectivity index (χ0v) is 13.7. The van der Waals surface area contributed by atoms with E-state index in [4.69, 9.17) is 27.9 Å². The molecule has 0 aliphatic heterocycles. The molecule has 1 aromatic carbocycles. The second kappa shape index (κ2) is 9.04. The Hall–Kier alpha value is -2.22. The molecule has 0 fully saturated rings. The van der Waals surface area contributed by atoms with Crippen molar-refractivity contribution in [3.8, 4) is 11.8 Å². The molecular formula is C17H14Cl2N2O2. The summed E-state index contributed by atoms with van der Waals surface area (Å²) < 4.78 is 5.08. The van der Waals surface area contributed by atoms with E-state index in [1.54, 1.807) is 12.1 Å². The Labute approximate surface area is 144 Å². The maximum Gasteiger partial charge on any atom is 0.407 e. The molecule has 0 spiro atoms. The third-order valence-electron chi connectivity index (χ3n) is 2.73. The first-order valence-electron chi connectivity index (χ1n) is 6.90. The van der Waals surface area contributed by atoms with Gasteiger partial charge in [0.1, 0.15) is 16.9 Å². The largest absolute Gasteiger partial charge is 0.445 e. The predicted molar refractivity (Wildman–Crippen MR) is 90.4 cm³/mol. The topological polar surface area (TPSA) is 51.2 Å². The van der Waals surface area contributed by atoms with Gasteiger partial charge in [-0.15, -0.1) is 0 Å². The van der Waals surface area contributed by atoms with Crippen LogP contribution in [0, 0.1) is 11.8 Å². The number of carbonyl (C=O) groups excluding carboxylic acids is 1. The molecule has 1 aromatic heterocycles. The van der Waals surface area contributed by atoms with Crippen molar-refractivity contribution < 1.29 is 9.53 Å². The molecule has 0 unspecified atom stereocenters. The van der Waals surface area contributed by atoms with E-state index in [1.165, 1.54) is 0 Å². The van der Waals surface area contributed by atoms with Gasteiger partial charge in [0.2, 0.25) is 0 Å². The summed E-state index contributed by atoms with van der Waals surface area (Å²) in [4.78, 5) is 15.4.